The van der Waals surface area contributed by atoms with Crippen LogP contribution in [-0.4, -0.2) is 57.3 Å². The minimum atomic E-state index is -3.67. The van der Waals surface area contributed by atoms with Crippen molar-refractivity contribution in [2.45, 2.75) is 31.7 Å². The van der Waals surface area contributed by atoms with Gasteiger partial charge in [0.25, 0.3) is 0 Å². The molecule has 1 rings (SSSR count). The molecule has 0 radical (unpaired) electrons. The minimum absolute atomic E-state index is 0.204. The van der Waals surface area contributed by atoms with E-state index in [9.17, 15) is 18.5 Å². The Hall–Kier alpha value is -1.17. The standard InChI is InChI=1S/C12H21N3O4S/c1-3-19-11(16)4-9-20(17,18)14-12(10-13)5-7-15(2)8-6-12/h14H,3-9H2,1-2H3. The Morgan fingerprint density at radius 2 is 2.05 bits per heavy atom. The molecular formula is C12H21N3O4S. The Morgan fingerprint density at radius 1 is 1.45 bits per heavy atom. The third-order valence-electron chi connectivity index (χ3n) is 3.29. The second-order valence-corrected chi connectivity index (χ2v) is 6.82. The fraction of sp³-hybridized carbons (Fsp3) is 0.833. The van der Waals surface area contributed by atoms with Crippen molar-refractivity contribution >= 4 is 16.0 Å². The molecule has 1 aliphatic heterocycles. The van der Waals surface area contributed by atoms with Crippen LogP contribution in [0.25, 0.3) is 0 Å². The molecule has 0 aliphatic carbocycles. The van der Waals surface area contributed by atoms with E-state index < -0.39 is 21.5 Å². The second-order valence-electron chi connectivity index (χ2n) is 4.97. The van der Waals surface area contributed by atoms with Crippen LogP contribution in [0.1, 0.15) is 26.2 Å². The van der Waals surface area contributed by atoms with Crippen LogP contribution in [0.2, 0.25) is 0 Å². The van der Waals surface area contributed by atoms with Crippen molar-refractivity contribution in [1.29, 1.82) is 5.26 Å². The van der Waals surface area contributed by atoms with Crippen LogP contribution in [0.4, 0.5) is 0 Å². The van der Waals surface area contributed by atoms with E-state index in [4.69, 9.17) is 0 Å². The molecule has 0 unspecified atom stereocenters. The summed E-state index contributed by atoms with van der Waals surface area (Å²) in [5.41, 5.74) is -1.06. The number of nitrogens with zero attached hydrogens (tertiary/aromatic N) is 2. The van der Waals surface area contributed by atoms with Crippen molar-refractivity contribution in [1.82, 2.24) is 9.62 Å². The lowest BCUT2D eigenvalue weighted by atomic mass is 9.91. The number of esters is 1. The largest absolute Gasteiger partial charge is 0.466 e. The molecule has 114 valence electrons. The molecule has 8 heteroatoms. The quantitative estimate of drug-likeness (QED) is 0.685. The van der Waals surface area contributed by atoms with Gasteiger partial charge < -0.3 is 9.64 Å². The van der Waals surface area contributed by atoms with Gasteiger partial charge in [0.1, 0.15) is 5.54 Å². The van der Waals surface area contributed by atoms with Gasteiger partial charge in [-0.2, -0.15) is 9.98 Å². The second kappa shape index (κ2) is 7.02. The van der Waals surface area contributed by atoms with E-state index >= 15 is 0 Å². The minimum Gasteiger partial charge on any atom is -0.466 e. The van der Waals surface area contributed by atoms with Crippen molar-refractivity contribution < 1.29 is 17.9 Å². The van der Waals surface area contributed by atoms with Crippen molar-refractivity contribution in [3.8, 4) is 6.07 Å². The van der Waals surface area contributed by atoms with Gasteiger partial charge in [0.2, 0.25) is 10.0 Å². The van der Waals surface area contributed by atoms with Crippen molar-refractivity contribution in [2.24, 2.45) is 0 Å². The number of rotatable bonds is 6. The fourth-order valence-corrected chi connectivity index (χ4v) is 3.42. The van der Waals surface area contributed by atoms with Crippen molar-refractivity contribution in [3.63, 3.8) is 0 Å². The van der Waals surface area contributed by atoms with Crippen LogP contribution < -0.4 is 4.72 Å². The van der Waals surface area contributed by atoms with E-state index in [-0.39, 0.29) is 18.8 Å². The topological polar surface area (TPSA) is 99.5 Å². The van der Waals surface area contributed by atoms with E-state index in [0.717, 1.165) is 0 Å². The molecule has 0 atom stereocenters. The highest BCUT2D eigenvalue weighted by Gasteiger charge is 2.37. The highest BCUT2D eigenvalue weighted by atomic mass is 32.2. The third kappa shape index (κ3) is 5.07. The number of sulfonamides is 1. The number of nitrogens with one attached hydrogen (secondary N) is 1. The number of ether oxygens (including phenoxy) is 1. The normalized spacial score (nSPS) is 19.2. The first-order valence-corrected chi connectivity index (χ1v) is 8.25. The number of hydrogen-bond donors (Lipinski definition) is 1. The number of likely N-dealkylation sites (tertiary alicyclic amines) is 1. The fourth-order valence-electron chi connectivity index (χ4n) is 2.04. The maximum atomic E-state index is 12.0. The summed E-state index contributed by atoms with van der Waals surface area (Å²) in [6.07, 6.45) is 0.682. The average Bonchev–Trinajstić information content (AvgIpc) is 2.40. The van der Waals surface area contributed by atoms with Gasteiger partial charge in [0.15, 0.2) is 0 Å². The Kier molecular flexibility index (Phi) is 5.92. The third-order valence-corrected chi connectivity index (χ3v) is 4.73. The predicted molar refractivity (Wildman–Crippen MR) is 73.2 cm³/mol. The zero-order valence-electron chi connectivity index (χ0n) is 11.9. The highest BCUT2D eigenvalue weighted by Crippen LogP contribution is 2.21. The zero-order valence-corrected chi connectivity index (χ0v) is 12.7. The molecule has 0 aromatic carbocycles. The number of piperidine rings is 1. The Labute approximate surface area is 119 Å². The van der Waals surface area contributed by atoms with Gasteiger partial charge in [-0.1, -0.05) is 0 Å². The molecule has 0 bridgehead atoms. The molecular weight excluding hydrogens is 282 g/mol. The van der Waals surface area contributed by atoms with Gasteiger partial charge in [-0.25, -0.2) is 8.42 Å². The zero-order chi connectivity index (χ0) is 15.2. The summed E-state index contributed by atoms with van der Waals surface area (Å²) in [6, 6.07) is 2.07. The smallest absolute Gasteiger partial charge is 0.306 e. The van der Waals surface area contributed by atoms with Crippen LogP contribution in [0.3, 0.4) is 0 Å². The molecule has 0 spiro atoms. The summed E-state index contributed by atoms with van der Waals surface area (Å²) < 4.78 is 31.1. The molecule has 7 nitrogen and oxygen atoms in total. The molecule has 1 saturated heterocycles. The molecule has 0 aromatic rings. The summed E-state index contributed by atoms with van der Waals surface area (Å²) in [6.45, 7) is 3.20. The number of carbonyl (C=O) groups excluding carboxylic acids is 1. The molecule has 1 heterocycles. The Bertz CT molecular complexity index is 475. The van der Waals surface area contributed by atoms with E-state index in [1.807, 2.05) is 11.9 Å². The number of nitriles is 1. The first-order chi connectivity index (χ1) is 9.32. The lowest BCUT2D eigenvalue weighted by molar-refractivity contribution is -0.142. The molecule has 0 saturated carbocycles. The summed E-state index contributed by atoms with van der Waals surface area (Å²) >= 11 is 0. The first-order valence-electron chi connectivity index (χ1n) is 6.59. The van der Waals surface area contributed by atoms with Gasteiger partial charge in [0.05, 0.1) is 24.8 Å². The van der Waals surface area contributed by atoms with E-state index in [0.29, 0.717) is 25.9 Å². The monoisotopic (exact) mass is 303 g/mol. The summed E-state index contributed by atoms with van der Waals surface area (Å²) in [5.74, 6) is -0.905. The molecule has 0 aromatic heterocycles. The van der Waals surface area contributed by atoms with Crippen LogP contribution >= 0.6 is 0 Å². The van der Waals surface area contributed by atoms with Gasteiger partial charge in [-0.05, 0) is 26.8 Å². The van der Waals surface area contributed by atoms with Gasteiger partial charge in [-0.15, -0.1) is 0 Å². The van der Waals surface area contributed by atoms with Gasteiger partial charge >= 0.3 is 5.97 Å². The summed E-state index contributed by atoms with van der Waals surface area (Å²) in [4.78, 5) is 13.2. The summed E-state index contributed by atoms with van der Waals surface area (Å²) in [5, 5.41) is 9.27. The number of carbonyl (C=O) groups is 1. The molecule has 1 N–H and O–H groups in total. The van der Waals surface area contributed by atoms with Crippen LogP contribution in [0, 0.1) is 11.3 Å². The lowest BCUT2D eigenvalue weighted by Gasteiger charge is -2.35. The van der Waals surface area contributed by atoms with E-state index in [2.05, 4.69) is 15.5 Å². The van der Waals surface area contributed by atoms with Crippen LogP contribution in [0.5, 0.6) is 0 Å². The SMILES string of the molecule is CCOC(=O)CCS(=O)(=O)NC1(C#N)CCN(C)CC1. The van der Waals surface area contributed by atoms with Crippen molar-refractivity contribution in [3.05, 3.63) is 0 Å². The predicted octanol–water partition coefficient (Wildman–Crippen LogP) is -0.153. The molecule has 0 amide bonds. The molecule has 20 heavy (non-hydrogen) atoms. The van der Waals surface area contributed by atoms with Crippen molar-refractivity contribution in [2.75, 3.05) is 32.5 Å². The first kappa shape index (κ1) is 16.9. The molecule has 1 fully saturated rings. The Balaban J connectivity index is 2.60. The molecule has 1 aliphatic rings. The Morgan fingerprint density at radius 3 is 2.55 bits per heavy atom. The maximum absolute atomic E-state index is 12.0. The number of hydrogen-bond acceptors (Lipinski definition) is 6. The van der Waals surface area contributed by atoms with Crippen LogP contribution in [0.15, 0.2) is 0 Å². The van der Waals surface area contributed by atoms with Gasteiger partial charge in [0, 0.05) is 13.1 Å². The van der Waals surface area contributed by atoms with E-state index in [1.165, 1.54) is 0 Å². The average molecular weight is 303 g/mol. The summed E-state index contributed by atoms with van der Waals surface area (Å²) in [7, 11) is -1.75. The highest BCUT2D eigenvalue weighted by molar-refractivity contribution is 7.89. The van der Waals surface area contributed by atoms with E-state index in [1.54, 1.807) is 6.92 Å². The van der Waals surface area contributed by atoms with Crippen LogP contribution in [-0.2, 0) is 19.6 Å². The lowest BCUT2D eigenvalue weighted by Crippen LogP contribution is -2.54. The van der Waals surface area contributed by atoms with Gasteiger partial charge in [-0.3, -0.25) is 4.79 Å². The maximum Gasteiger partial charge on any atom is 0.306 e.